The van der Waals surface area contributed by atoms with Gasteiger partial charge in [0.25, 0.3) is 5.91 Å². The van der Waals surface area contributed by atoms with Crippen molar-refractivity contribution in [3.8, 4) is 11.5 Å². The summed E-state index contributed by atoms with van der Waals surface area (Å²) in [5, 5.41) is 5.49. The highest BCUT2D eigenvalue weighted by Gasteiger charge is 2.20. The molecule has 1 saturated heterocycles. The van der Waals surface area contributed by atoms with Gasteiger partial charge in [-0.1, -0.05) is 13.0 Å². The third-order valence-electron chi connectivity index (χ3n) is 2.73. The van der Waals surface area contributed by atoms with Gasteiger partial charge in [-0.15, -0.1) is 0 Å². The van der Waals surface area contributed by atoms with Gasteiger partial charge in [-0.2, -0.15) is 0 Å². The van der Waals surface area contributed by atoms with Crippen LogP contribution in [0.4, 0.5) is 0 Å². The highest BCUT2D eigenvalue weighted by atomic mass is 32.1. The van der Waals surface area contributed by atoms with E-state index in [9.17, 15) is 9.59 Å². The minimum absolute atomic E-state index is 0.270. The molecule has 2 rings (SSSR count). The van der Waals surface area contributed by atoms with Crippen LogP contribution in [0.25, 0.3) is 6.08 Å². The molecule has 110 valence electrons. The first-order valence-electron chi connectivity index (χ1n) is 6.26. The predicted molar refractivity (Wildman–Crippen MR) is 80.8 cm³/mol. The smallest absolute Gasteiger partial charge is 0.311 e. The molecule has 7 heteroatoms. The molecule has 0 spiro atoms. The molecular weight excluding hydrogens is 292 g/mol. The van der Waals surface area contributed by atoms with Crippen molar-refractivity contribution in [3.05, 3.63) is 29.5 Å². The van der Waals surface area contributed by atoms with Gasteiger partial charge in [0.15, 0.2) is 16.6 Å². The fraction of sp³-hybridized carbons (Fsp3) is 0.214. The molecular formula is C14H14N2O4S. The molecule has 1 heterocycles. The fourth-order valence-electron chi connectivity index (χ4n) is 1.70. The van der Waals surface area contributed by atoms with Crippen molar-refractivity contribution >= 4 is 35.3 Å². The lowest BCUT2D eigenvalue weighted by atomic mass is 10.1. The topological polar surface area (TPSA) is 76.7 Å². The Bertz CT molecular complexity index is 640. The summed E-state index contributed by atoms with van der Waals surface area (Å²) in [6.07, 6.45) is 1.90. The van der Waals surface area contributed by atoms with Crippen LogP contribution in [-0.2, 0) is 9.59 Å². The first-order chi connectivity index (χ1) is 10.0. The third kappa shape index (κ3) is 3.57. The van der Waals surface area contributed by atoms with Gasteiger partial charge in [0.1, 0.15) is 5.70 Å². The lowest BCUT2D eigenvalue weighted by molar-refractivity contribution is -0.134. The number of rotatable bonds is 4. The monoisotopic (exact) mass is 306 g/mol. The summed E-state index contributed by atoms with van der Waals surface area (Å²) >= 11 is 4.85. The van der Waals surface area contributed by atoms with Crippen LogP contribution >= 0.6 is 12.2 Å². The Morgan fingerprint density at radius 3 is 2.67 bits per heavy atom. The quantitative estimate of drug-likeness (QED) is 0.378. The number of esters is 1. The van der Waals surface area contributed by atoms with E-state index in [1.807, 2.05) is 0 Å². The summed E-state index contributed by atoms with van der Waals surface area (Å²) in [5.74, 6) is 0.111. The molecule has 0 saturated carbocycles. The molecule has 0 radical (unpaired) electrons. The molecule has 0 unspecified atom stereocenters. The summed E-state index contributed by atoms with van der Waals surface area (Å²) in [6.45, 7) is 1.71. The Morgan fingerprint density at radius 1 is 1.33 bits per heavy atom. The predicted octanol–water partition coefficient (Wildman–Crippen LogP) is 1.36. The largest absolute Gasteiger partial charge is 0.493 e. The van der Waals surface area contributed by atoms with E-state index in [2.05, 4.69) is 10.6 Å². The first kappa shape index (κ1) is 15.0. The SMILES string of the molecule is CCC(=O)Oc1ccc(/C=C2\NC(=S)NC2=O)cc1OC. The van der Waals surface area contributed by atoms with Crippen LogP contribution in [0.3, 0.4) is 0 Å². The molecule has 0 atom stereocenters. The summed E-state index contributed by atoms with van der Waals surface area (Å²) < 4.78 is 10.3. The van der Waals surface area contributed by atoms with Gasteiger partial charge in [0.2, 0.25) is 0 Å². The van der Waals surface area contributed by atoms with Crippen LogP contribution in [0.2, 0.25) is 0 Å². The Labute approximate surface area is 127 Å². The van der Waals surface area contributed by atoms with Crippen LogP contribution in [0.15, 0.2) is 23.9 Å². The normalized spacial score (nSPS) is 15.6. The summed E-state index contributed by atoms with van der Waals surface area (Å²) in [5.41, 5.74) is 1.06. The van der Waals surface area contributed by atoms with Crippen LogP contribution in [-0.4, -0.2) is 24.1 Å². The molecule has 1 fully saturated rings. The maximum atomic E-state index is 11.6. The fourth-order valence-corrected chi connectivity index (χ4v) is 1.90. The molecule has 1 aromatic rings. The Kier molecular flexibility index (Phi) is 4.54. The van der Waals surface area contributed by atoms with E-state index < -0.39 is 0 Å². The molecule has 0 bridgehead atoms. The number of carbonyl (C=O) groups excluding carboxylic acids is 2. The van der Waals surface area contributed by atoms with Gasteiger partial charge in [-0.25, -0.2) is 0 Å². The molecule has 1 aliphatic rings. The molecule has 1 aromatic carbocycles. The number of thiocarbonyl (C=S) groups is 1. The molecule has 1 amide bonds. The lowest BCUT2D eigenvalue weighted by Crippen LogP contribution is -2.21. The van der Waals surface area contributed by atoms with E-state index in [1.54, 1.807) is 31.2 Å². The van der Waals surface area contributed by atoms with Crippen molar-refractivity contribution < 1.29 is 19.1 Å². The van der Waals surface area contributed by atoms with E-state index in [0.717, 1.165) is 0 Å². The van der Waals surface area contributed by atoms with Crippen molar-refractivity contribution in [2.75, 3.05) is 7.11 Å². The second-order valence-electron chi connectivity index (χ2n) is 4.20. The maximum Gasteiger partial charge on any atom is 0.311 e. The van der Waals surface area contributed by atoms with E-state index in [-0.39, 0.29) is 23.4 Å². The van der Waals surface area contributed by atoms with Crippen molar-refractivity contribution in [1.29, 1.82) is 0 Å². The first-order valence-corrected chi connectivity index (χ1v) is 6.67. The summed E-state index contributed by atoms with van der Waals surface area (Å²) in [7, 11) is 1.48. The molecule has 2 N–H and O–H groups in total. The molecule has 21 heavy (non-hydrogen) atoms. The standard InChI is InChI=1S/C14H14N2O4S/c1-3-12(17)20-10-5-4-8(7-11(10)19-2)6-9-13(18)16-14(21)15-9/h4-7H,3H2,1-2H3,(H2,15,16,18,21)/b9-6-. The maximum absolute atomic E-state index is 11.6. The zero-order valence-electron chi connectivity index (χ0n) is 11.6. The zero-order chi connectivity index (χ0) is 15.4. The Balaban J connectivity index is 2.27. The second kappa shape index (κ2) is 6.36. The number of methoxy groups -OCH3 is 1. The summed E-state index contributed by atoms with van der Waals surface area (Å²) in [6, 6.07) is 5.00. The second-order valence-corrected chi connectivity index (χ2v) is 4.61. The number of hydrogen-bond acceptors (Lipinski definition) is 5. The van der Waals surface area contributed by atoms with Gasteiger partial charge in [0, 0.05) is 6.42 Å². The van der Waals surface area contributed by atoms with Crippen LogP contribution in [0.1, 0.15) is 18.9 Å². The number of carbonyl (C=O) groups is 2. The van der Waals surface area contributed by atoms with Crippen molar-refractivity contribution in [2.24, 2.45) is 0 Å². The Morgan fingerprint density at radius 2 is 2.10 bits per heavy atom. The number of ether oxygens (including phenoxy) is 2. The van der Waals surface area contributed by atoms with Crippen molar-refractivity contribution in [3.63, 3.8) is 0 Å². The average molecular weight is 306 g/mol. The summed E-state index contributed by atoms with van der Waals surface area (Å²) in [4.78, 5) is 22.9. The minimum Gasteiger partial charge on any atom is -0.493 e. The highest BCUT2D eigenvalue weighted by molar-refractivity contribution is 7.80. The van der Waals surface area contributed by atoms with Crippen LogP contribution in [0.5, 0.6) is 11.5 Å². The van der Waals surface area contributed by atoms with Crippen molar-refractivity contribution in [2.45, 2.75) is 13.3 Å². The zero-order valence-corrected chi connectivity index (χ0v) is 12.4. The van der Waals surface area contributed by atoms with Gasteiger partial charge in [-0.3, -0.25) is 14.9 Å². The molecule has 1 aliphatic heterocycles. The number of benzene rings is 1. The van der Waals surface area contributed by atoms with E-state index in [0.29, 0.717) is 22.8 Å². The molecule has 0 aliphatic carbocycles. The lowest BCUT2D eigenvalue weighted by Gasteiger charge is -2.09. The van der Waals surface area contributed by atoms with E-state index >= 15 is 0 Å². The van der Waals surface area contributed by atoms with Crippen LogP contribution < -0.4 is 20.1 Å². The van der Waals surface area contributed by atoms with E-state index in [1.165, 1.54) is 7.11 Å². The number of hydrogen-bond donors (Lipinski definition) is 2. The van der Waals surface area contributed by atoms with Gasteiger partial charge < -0.3 is 14.8 Å². The van der Waals surface area contributed by atoms with E-state index in [4.69, 9.17) is 21.7 Å². The molecule has 0 aromatic heterocycles. The third-order valence-corrected chi connectivity index (χ3v) is 2.94. The Hall–Kier alpha value is -2.41. The highest BCUT2D eigenvalue weighted by Crippen LogP contribution is 2.29. The molecule has 6 nitrogen and oxygen atoms in total. The van der Waals surface area contributed by atoms with Crippen molar-refractivity contribution in [1.82, 2.24) is 10.6 Å². The van der Waals surface area contributed by atoms with Gasteiger partial charge in [0.05, 0.1) is 7.11 Å². The number of amides is 1. The van der Waals surface area contributed by atoms with Crippen LogP contribution in [0, 0.1) is 0 Å². The average Bonchev–Trinajstić information content (AvgIpc) is 2.78. The van der Waals surface area contributed by atoms with Gasteiger partial charge >= 0.3 is 5.97 Å². The number of nitrogens with one attached hydrogen (secondary N) is 2. The minimum atomic E-state index is -0.346. The van der Waals surface area contributed by atoms with Gasteiger partial charge in [-0.05, 0) is 36.0 Å².